The molecular formula is C22H22N4. The Bertz CT molecular complexity index is 1060. The van der Waals surface area contributed by atoms with Crippen molar-refractivity contribution in [3.8, 4) is 11.3 Å². The number of hydrogen-bond donors (Lipinski definition) is 0. The zero-order valence-electron chi connectivity index (χ0n) is 15.4. The van der Waals surface area contributed by atoms with E-state index in [1.807, 2.05) is 25.1 Å². The monoisotopic (exact) mass is 342 g/mol. The van der Waals surface area contributed by atoms with E-state index in [-0.39, 0.29) is 0 Å². The molecule has 0 aliphatic carbocycles. The fourth-order valence-corrected chi connectivity index (χ4v) is 3.39. The average molecular weight is 342 g/mol. The highest BCUT2D eigenvalue weighted by molar-refractivity contribution is 5.83. The van der Waals surface area contributed by atoms with Crippen molar-refractivity contribution in [1.29, 1.82) is 0 Å². The Balaban J connectivity index is 1.63. The Kier molecular flexibility index (Phi) is 4.25. The van der Waals surface area contributed by atoms with Gasteiger partial charge in [0, 0.05) is 30.6 Å². The third kappa shape index (κ3) is 3.10. The lowest BCUT2D eigenvalue weighted by molar-refractivity contribution is 0.761. The minimum atomic E-state index is 0.826. The highest BCUT2D eigenvalue weighted by Crippen LogP contribution is 2.22. The SMILES string of the molecule is Cc1nc(CCc2nc(-c3ccccc3)cn2C)c2cccc(C)c2n1. The number of aryl methyl sites for hydroxylation is 5. The minimum Gasteiger partial charge on any atom is -0.337 e. The largest absolute Gasteiger partial charge is 0.337 e. The molecule has 0 atom stereocenters. The van der Waals surface area contributed by atoms with E-state index >= 15 is 0 Å². The summed E-state index contributed by atoms with van der Waals surface area (Å²) in [5.74, 6) is 1.90. The van der Waals surface area contributed by atoms with Crippen LogP contribution in [0.1, 0.15) is 22.9 Å². The van der Waals surface area contributed by atoms with Crippen LogP contribution in [0.4, 0.5) is 0 Å². The summed E-state index contributed by atoms with van der Waals surface area (Å²) in [5.41, 5.74) is 5.51. The van der Waals surface area contributed by atoms with E-state index in [0.29, 0.717) is 0 Å². The molecule has 4 rings (SSSR count). The first-order chi connectivity index (χ1) is 12.6. The van der Waals surface area contributed by atoms with Crippen molar-refractivity contribution in [3.05, 3.63) is 77.6 Å². The molecule has 0 bridgehead atoms. The average Bonchev–Trinajstić information content (AvgIpc) is 3.02. The van der Waals surface area contributed by atoms with Gasteiger partial charge in [-0.25, -0.2) is 15.0 Å². The molecule has 0 saturated heterocycles. The Hall–Kier alpha value is -3.01. The summed E-state index contributed by atoms with van der Waals surface area (Å²) in [6.45, 7) is 4.06. The summed E-state index contributed by atoms with van der Waals surface area (Å²) < 4.78 is 2.11. The molecule has 0 amide bonds. The van der Waals surface area contributed by atoms with Crippen molar-refractivity contribution in [1.82, 2.24) is 19.5 Å². The fourth-order valence-electron chi connectivity index (χ4n) is 3.39. The number of hydrogen-bond acceptors (Lipinski definition) is 3. The zero-order valence-corrected chi connectivity index (χ0v) is 15.4. The maximum atomic E-state index is 4.83. The van der Waals surface area contributed by atoms with Crippen molar-refractivity contribution in [2.75, 3.05) is 0 Å². The first-order valence-corrected chi connectivity index (χ1v) is 8.92. The Morgan fingerprint density at radius 1 is 0.846 bits per heavy atom. The molecule has 2 aromatic heterocycles. The van der Waals surface area contributed by atoms with E-state index in [4.69, 9.17) is 9.97 Å². The molecule has 0 aliphatic heterocycles. The number of nitrogens with zero attached hydrogens (tertiary/aromatic N) is 4. The smallest absolute Gasteiger partial charge is 0.126 e. The van der Waals surface area contributed by atoms with Gasteiger partial charge in [0.05, 0.1) is 16.9 Å². The number of imidazole rings is 1. The van der Waals surface area contributed by atoms with Crippen LogP contribution in [0.2, 0.25) is 0 Å². The van der Waals surface area contributed by atoms with Crippen LogP contribution in [0, 0.1) is 13.8 Å². The number of para-hydroxylation sites is 1. The summed E-state index contributed by atoms with van der Waals surface area (Å²) in [6.07, 6.45) is 3.80. The lowest BCUT2D eigenvalue weighted by Crippen LogP contribution is -2.04. The maximum absolute atomic E-state index is 4.83. The van der Waals surface area contributed by atoms with Gasteiger partial charge in [-0.2, -0.15) is 0 Å². The van der Waals surface area contributed by atoms with Crippen LogP contribution in [0.25, 0.3) is 22.2 Å². The quantitative estimate of drug-likeness (QED) is 0.551. The Labute approximate surface area is 153 Å². The molecule has 0 fully saturated rings. The molecule has 0 saturated carbocycles. The van der Waals surface area contributed by atoms with Crippen LogP contribution in [-0.4, -0.2) is 19.5 Å². The molecule has 0 radical (unpaired) electrons. The summed E-state index contributed by atoms with van der Waals surface area (Å²) in [6, 6.07) is 16.6. The van der Waals surface area contributed by atoms with Gasteiger partial charge in [0.1, 0.15) is 11.6 Å². The highest BCUT2D eigenvalue weighted by atomic mass is 15.0. The molecule has 2 heterocycles. The fraction of sp³-hybridized carbons (Fsp3) is 0.227. The Morgan fingerprint density at radius 3 is 2.46 bits per heavy atom. The second-order valence-electron chi connectivity index (χ2n) is 6.71. The molecule has 4 nitrogen and oxygen atoms in total. The summed E-state index contributed by atoms with van der Waals surface area (Å²) in [5, 5.41) is 1.15. The molecule has 2 aromatic carbocycles. The normalized spacial score (nSPS) is 11.2. The van der Waals surface area contributed by atoms with Crippen LogP contribution in [0.15, 0.2) is 54.7 Å². The molecule has 26 heavy (non-hydrogen) atoms. The lowest BCUT2D eigenvalue weighted by Gasteiger charge is -2.08. The third-order valence-corrected chi connectivity index (χ3v) is 4.75. The highest BCUT2D eigenvalue weighted by Gasteiger charge is 2.11. The molecule has 130 valence electrons. The van der Waals surface area contributed by atoms with Gasteiger partial charge in [-0.1, -0.05) is 48.5 Å². The summed E-state index contributed by atoms with van der Waals surface area (Å²) in [7, 11) is 2.06. The van der Waals surface area contributed by atoms with E-state index in [2.05, 4.69) is 60.1 Å². The van der Waals surface area contributed by atoms with Crippen molar-refractivity contribution in [2.45, 2.75) is 26.7 Å². The second-order valence-corrected chi connectivity index (χ2v) is 6.71. The van der Waals surface area contributed by atoms with Crippen molar-refractivity contribution < 1.29 is 0 Å². The standard InChI is InChI=1S/C22H22N4/c1-15-8-7-11-18-19(23-16(2)24-22(15)18)12-13-21-25-20(14-26(21)3)17-9-5-4-6-10-17/h4-11,14H,12-13H2,1-3H3. The van der Waals surface area contributed by atoms with Crippen LogP contribution in [-0.2, 0) is 19.9 Å². The van der Waals surface area contributed by atoms with Gasteiger partial charge >= 0.3 is 0 Å². The molecule has 0 aliphatic rings. The van der Waals surface area contributed by atoms with Crippen molar-refractivity contribution >= 4 is 10.9 Å². The molecule has 0 unspecified atom stereocenters. The van der Waals surface area contributed by atoms with Gasteiger partial charge in [-0.05, 0) is 25.8 Å². The van der Waals surface area contributed by atoms with Gasteiger partial charge in [-0.3, -0.25) is 0 Å². The van der Waals surface area contributed by atoms with E-state index in [9.17, 15) is 0 Å². The van der Waals surface area contributed by atoms with Crippen LogP contribution < -0.4 is 0 Å². The van der Waals surface area contributed by atoms with Gasteiger partial charge < -0.3 is 4.57 Å². The van der Waals surface area contributed by atoms with Crippen molar-refractivity contribution in [3.63, 3.8) is 0 Å². The predicted octanol–water partition coefficient (Wildman–Crippen LogP) is 4.43. The summed E-state index contributed by atoms with van der Waals surface area (Å²) >= 11 is 0. The van der Waals surface area contributed by atoms with Gasteiger partial charge in [0.25, 0.3) is 0 Å². The van der Waals surface area contributed by atoms with Gasteiger partial charge in [0.15, 0.2) is 0 Å². The van der Waals surface area contributed by atoms with E-state index in [1.165, 1.54) is 5.56 Å². The molecule has 0 spiro atoms. The molecule has 0 N–H and O–H groups in total. The van der Waals surface area contributed by atoms with Gasteiger partial charge in [0.2, 0.25) is 0 Å². The predicted molar refractivity (Wildman–Crippen MR) is 105 cm³/mol. The molecule has 4 heteroatoms. The topological polar surface area (TPSA) is 43.6 Å². The second kappa shape index (κ2) is 6.71. The number of benzene rings is 2. The number of rotatable bonds is 4. The van der Waals surface area contributed by atoms with Gasteiger partial charge in [-0.15, -0.1) is 0 Å². The molecular weight excluding hydrogens is 320 g/mol. The van der Waals surface area contributed by atoms with E-state index < -0.39 is 0 Å². The van der Waals surface area contributed by atoms with Crippen molar-refractivity contribution in [2.24, 2.45) is 7.05 Å². The van der Waals surface area contributed by atoms with E-state index in [0.717, 1.165) is 52.3 Å². The minimum absolute atomic E-state index is 0.826. The van der Waals surface area contributed by atoms with Crippen LogP contribution in [0.5, 0.6) is 0 Å². The first kappa shape index (κ1) is 16.5. The van der Waals surface area contributed by atoms with E-state index in [1.54, 1.807) is 0 Å². The van der Waals surface area contributed by atoms with Crippen LogP contribution in [0.3, 0.4) is 0 Å². The maximum Gasteiger partial charge on any atom is 0.126 e. The number of fused-ring (bicyclic) bond motifs is 1. The molecule has 4 aromatic rings. The summed E-state index contributed by atoms with van der Waals surface area (Å²) in [4.78, 5) is 14.2. The number of aromatic nitrogens is 4. The lowest BCUT2D eigenvalue weighted by atomic mass is 10.1. The first-order valence-electron chi connectivity index (χ1n) is 8.92. The Morgan fingerprint density at radius 2 is 1.65 bits per heavy atom. The van der Waals surface area contributed by atoms with Crippen LogP contribution >= 0.6 is 0 Å². The zero-order chi connectivity index (χ0) is 18.1. The third-order valence-electron chi connectivity index (χ3n) is 4.75.